The van der Waals surface area contributed by atoms with Crippen molar-refractivity contribution in [2.45, 2.75) is 26.8 Å². The molecule has 18 heavy (non-hydrogen) atoms. The molecule has 0 atom stereocenters. The molecular weight excluding hydrogens is 248 g/mol. The number of carbonyl (C=O) groups excluding carboxylic acids is 1. The molecule has 2 aromatic rings. The first-order valence-electron chi connectivity index (χ1n) is 6.02. The molecule has 0 spiro atoms. The summed E-state index contributed by atoms with van der Waals surface area (Å²) in [5.74, 6) is -0.0132. The number of nitrogens with zero attached hydrogens (tertiary/aromatic N) is 2. The number of rotatable bonds is 4. The van der Waals surface area contributed by atoms with E-state index in [2.05, 4.69) is 5.10 Å². The first-order valence-corrected chi connectivity index (χ1v) is 6.40. The van der Waals surface area contributed by atoms with E-state index in [1.807, 2.05) is 19.9 Å². The molecule has 0 bridgehead atoms. The van der Waals surface area contributed by atoms with Crippen molar-refractivity contribution in [1.82, 2.24) is 9.78 Å². The van der Waals surface area contributed by atoms with E-state index in [-0.39, 0.29) is 5.78 Å². The molecule has 0 fully saturated rings. The SMILES string of the molecule is CCc1cc(C(=O)c2ccc(Cl)cc2)n(CC)n1. The maximum atomic E-state index is 12.4. The number of benzene rings is 1. The molecule has 0 aliphatic rings. The Balaban J connectivity index is 2.38. The van der Waals surface area contributed by atoms with E-state index in [1.54, 1.807) is 28.9 Å². The Kier molecular flexibility index (Phi) is 3.82. The van der Waals surface area contributed by atoms with Gasteiger partial charge in [0.1, 0.15) is 5.69 Å². The molecule has 0 saturated carbocycles. The zero-order valence-electron chi connectivity index (χ0n) is 10.5. The van der Waals surface area contributed by atoms with Gasteiger partial charge in [-0.05, 0) is 43.7 Å². The maximum absolute atomic E-state index is 12.4. The van der Waals surface area contributed by atoms with E-state index in [1.165, 1.54) is 0 Å². The van der Waals surface area contributed by atoms with Gasteiger partial charge < -0.3 is 0 Å². The van der Waals surface area contributed by atoms with Gasteiger partial charge >= 0.3 is 0 Å². The van der Waals surface area contributed by atoms with Gasteiger partial charge in [0.25, 0.3) is 0 Å². The molecule has 1 aromatic carbocycles. The zero-order valence-corrected chi connectivity index (χ0v) is 11.2. The van der Waals surface area contributed by atoms with Gasteiger partial charge in [0.05, 0.1) is 5.69 Å². The lowest BCUT2D eigenvalue weighted by Crippen LogP contribution is -2.10. The fourth-order valence-corrected chi connectivity index (χ4v) is 1.94. The molecular formula is C14H15ClN2O. The second-order valence-electron chi connectivity index (χ2n) is 4.03. The van der Waals surface area contributed by atoms with Crippen molar-refractivity contribution in [3.63, 3.8) is 0 Å². The molecule has 0 amide bonds. The molecule has 1 aromatic heterocycles. The van der Waals surface area contributed by atoms with E-state index < -0.39 is 0 Å². The van der Waals surface area contributed by atoms with E-state index in [0.29, 0.717) is 22.8 Å². The first-order chi connectivity index (χ1) is 8.65. The van der Waals surface area contributed by atoms with Crippen LogP contribution in [-0.2, 0) is 13.0 Å². The fourth-order valence-electron chi connectivity index (χ4n) is 1.82. The number of carbonyl (C=O) groups is 1. The van der Waals surface area contributed by atoms with Crippen LogP contribution in [0.1, 0.15) is 35.6 Å². The van der Waals surface area contributed by atoms with Gasteiger partial charge in [0.2, 0.25) is 5.78 Å². The summed E-state index contributed by atoms with van der Waals surface area (Å²) in [7, 11) is 0. The quantitative estimate of drug-likeness (QED) is 0.792. The molecule has 3 nitrogen and oxygen atoms in total. The summed E-state index contributed by atoms with van der Waals surface area (Å²) < 4.78 is 1.75. The summed E-state index contributed by atoms with van der Waals surface area (Å²) in [5.41, 5.74) is 2.21. The highest BCUT2D eigenvalue weighted by atomic mass is 35.5. The van der Waals surface area contributed by atoms with Crippen LogP contribution in [-0.4, -0.2) is 15.6 Å². The highest BCUT2D eigenvalue weighted by Crippen LogP contribution is 2.15. The third kappa shape index (κ3) is 2.46. The maximum Gasteiger partial charge on any atom is 0.211 e. The van der Waals surface area contributed by atoms with Crippen molar-refractivity contribution in [3.8, 4) is 0 Å². The Bertz CT molecular complexity index is 558. The van der Waals surface area contributed by atoms with Crippen molar-refractivity contribution >= 4 is 17.4 Å². The van der Waals surface area contributed by atoms with Gasteiger partial charge in [-0.3, -0.25) is 9.48 Å². The lowest BCUT2D eigenvalue weighted by Gasteiger charge is -2.03. The fraction of sp³-hybridized carbons (Fsp3) is 0.286. The molecule has 0 unspecified atom stereocenters. The molecule has 0 radical (unpaired) electrons. The monoisotopic (exact) mass is 262 g/mol. The van der Waals surface area contributed by atoms with Crippen LogP contribution in [0.4, 0.5) is 0 Å². The predicted octanol–water partition coefficient (Wildman–Crippen LogP) is 3.35. The number of ketones is 1. The van der Waals surface area contributed by atoms with Crippen LogP contribution in [0.2, 0.25) is 5.02 Å². The van der Waals surface area contributed by atoms with E-state index in [4.69, 9.17) is 11.6 Å². The molecule has 94 valence electrons. The molecule has 0 aliphatic carbocycles. The van der Waals surface area contributed by atoms with Crippen molar-refractivity contribution in [2.24, 2.45) is 0 Å². The minimum Gasteiger partial charge on any atom is -0.287 e. The minimum atomic E-state index is -0.0132. The van der Waals surface area contributed by atoms with Crippen LogP contribution < -0.4 is 0 Å². The van der Waals surface area contributed by atoms with Crippen molar-refractivity contribution in [2.75, 3.05) is 0 Å². The van der Waals surface area contributed by atoms with Crippen LogP contribution in [0.15, 0.2) is 30.3 Å². The Hall–Kier alpha value is -1.61. The van der Waals surface area contributed by atoms with Gasteiger partial charge in [-0.2, -0.15) is 5.10 Å². The summed E-state index contributed by atoms with van der Waals surface area (Å²) in [6, 6.07) is 8.79. The summed E-state index contributed by atoms with van der Waals surface area (Å²) in [4.78, 5) is 12.4. The standard InChI is InChI=1S/C14H15ClN2O/c1-3-12-9-13(17(4-2)16-12)14(18)10-5-7-11(15)8-6-10/h5-9H,3-4H2,1-2H3. The van der Waals surface area contributed by atoms with E-state index in [0.717, 1.165) is 12.1 Å². The molecule has 0 aliphatic heterocycles. The van der Waals surface area contributed by atoms with E-state index in [9.17, 15) is 4.79 Å². The normalized spacial score (nSPS) is 10.6. The molecule has 2 rings (SSSR count). The van der Waals surface area contributed by atoms with Gasteiger partial charge in [-0.15, -0.1) is 0 Å². The average molecular weight is 263 g/mol. The Labute approximate surface area is 111 Å². The highest BCUT2D eigenvalue weighted by molar-refractivity contribution is 6.30. The largest absolute Gasteiger partial charge is 0.287 e. The number of hydrogen-bond acceptors (Lipinski definition) is 2. The lowest BCUT2D eigenvalue weighted by molar-refractivity contribution is 0.102. The number of aromatic nitrogens is 2. The summed E-state index contributed by atoms with van der Waals surface area (Å²) in [6.07, 6.45) is 0.827. The number of halogens is 1. The van der Waals surface area contributed by atoms with Crippen LogP contribution in [0.3, 0.4) is 0 Å². The van der Waals surface area contributed by atoms with Crippen LogP contribution in [0.5, 0.6) is 0 Å². The Morgan fingerprint density at radius 3 is 2.50 bits per heavy atom. The molecule has 1 heterocycles. The van der Waals surface area contributed by atoms with Crippen molar-refractivity contribution in [1.29, 1.82) is 0 Å². The third-order valence-electron chi connectivity index (χ3n) is 2.83. The second-order valence-corrected chi connectivity index (χ2v) is 4.46. The van der Waals surface area contributed by atoms with Crippen LogP contribution >= 0.6 is 11.6 Å². The van der Waals surface area contributed by atoms with Gasteiger partial charge in [-0.1, -0.05) is 18.5 Å². The lowest BCUT2D eigenvalue weighted by atomic mass is 10.1. The smallest absolute Gasteiger partial charge is 0.211 e. The van der Waals surface area contributed by atoms with Gasteiger partial charge in [0.15, 0.2) is 0 Å². The van der Waals surface area contributed by atoms with E-state index >= 15 is 0 Å². The zero-order chi connectivity index (χ0) is 13.1. The molecule has 0 N–H and O–H groups in total. The highest BCUT2D eigenvalue weighted by Gasteiger charge is 2.15. The number of hydrogen-bond donors (Lipinski definition) is 0. The van der Waals surface area contributed by atoms with Crippen LogP contribution in [0.25, 0.3) is 0 Å². The molecule has 4 heteroatoms. The second kappa shape index (κ2) is 5.36. The predicted molar refractivity (Wildman–Crippen MR) is 72.2 cm³/mol. The van der Waals surface area contributed by atoms with Gasteiger partial charge in [-0.25, -0.2) is 0 Å². The average Bonchev–Trinajstić information content (AvgIpc) is 2.82. The topological polar surface area (TPSA) is 34.9 Å². The first kappa shape index (κ1) is 12.8. The number of aryl methyl sites for hydroxylation is 2. The van der Waals surface area contributed by atoms with Gasteiger partial charge in [0, 0.05) is 17.1 Å². The minimum absolute atomic E-state index is 0.0132. The third-order valence-corrected chi connectivity index (χ3v) is 3.08. The summed E-state index contributed by atoms with van der Waals surface area (Å²) in [6.45, 7) is 4.69. The van der Waals surface area contributed by atoms with Crippen molar-refractivity contribution < 1.29 is 4.79 Å². The summed E-state index contributed by atoms with van der Waals surface area (Å²) in [5, 5.41) is 5.01. The van der Waals surface area contributed by atoms with Crippen LogP contribution in [0, 0.1) is 0 Å². The van der Waals surface area contributed by atoms with Crippen molar-refractivity contribution in [3.05, 3.63) is 52.3 Å². The molecule has 0 saturated heterocycles. The Morgan fingerprint density at radius 2 is 1.94 bits per heavy atom. The summed E-state index contributed by atoms with van der Waals surface area (Å²) >= 11 is 5.82. The Morgan fingerprint density at radius 1 is 1.28 bits per heavy atom.